The van der Waals surface area contributed by atoms with Gasteiger partial charge in [-0.25, -0.2) is 4.68 Å². The summed E-state index contributed by atoms with van der Waals surface area (Å²) in [5, 5.41) is 13.3. The Morgan fingerprint density at radius 2 is 1.96 bits per heavy atom. The summed E-state index contributed by atoms with van der Waals surface area (Å²) in [7, 11) is 0. The highest BCUT2D eigenvalue weighted by atomic mass is 16.1. The van der Waals surface area contributed by atoms with Crippen LogP contribution >= 0.6 is 0 Å². The van der Waals surface area contributed by atoms with E-state index in [9.17, 15) is 4.79 Å². The molecule has 2 aromatic heterocycles. The zero-order valence-corrected chi connectivity index (χ0v) is 16.0. The maximum atomic E-state index is 12.1. The van der Waals surface area contributed by atoms with E-state index in [1.165, 1.54) is 12.8 Å². The Morgan fingerprint density at radius 1 is 1.15 bits per heavy atom. The van der Waals surface area contributed by atoms with Gasteiger partial charge in [0.15, 0.2) is 0 Å². The van der Waals surface area contributed by atoms with E-state index in [4.69, 9.17) is 0 Å². The minimum atomic E-state index is -0.0478. The van der Waals surface area contributed by atoms with E-state index in [-0.39, 0.29) is 11.0 Å². The quantitative estimate of drug-likeness (QED) is 0.832. The largest absolute Gasteiger partial charge is 0.314 e. The van der Waals surface area contributed by atoms with Gasteiger partial charge < -0.3 is 4.57 Å². The average molecular weight is 356 g/mol. The van der Waals surface area contributed by atoms with Gasteiger partial charge in [0.05, 0.1) is 18.8 Å². The van der Waals surface area contributed by atoms with Gasteiger partial charge in [-0.15, -0.1) is 10.2 Å². The number of hydrogen-bond acceptors (Lipinski definition) is 5. The summed E-state index contributed by atoms with van der Waals surface area (Å²) in [6, 6.07) is 3.49. The molecule has 7 heteroatoms. The molecule has 2 aliphatic heterocycles. The molecule has 140 valence electrons. The van der Waals surface area contributed by atoms with Crippen LogP contribution in [0.4, 0.5) is 0 Å². The van der Waals surface area contributed by atoms with Gasteiger partial charge in [0.1, 0.15) is 11.6 Å². The molecule has 0 aromatic carbocycles. The Kier molecular flexibility index (Phi) is 4.42. The number of nitrogens with zero attached hydrogens (tertiary/aromatic N) is 6. The third-order valence-corrected chi connectivity index (χ3v) is 5.40. The summed E-state index contributed by atoms with van der Waals surface area (Å²) in [6.07, 6.45) is 3.49. The van der Waals surface area contributed by atoms with Crippen molar-refractivity contribution < 1.29 is 0 Å². The molecule has 1 saturated heterocycles. The maximum absolute atomic E-state index is 12.1. The lowest BCUT2D eigenvalue weighted by molar-refractivity contribution is 0.0722. The topological polar surface area (TPSA) is 68.8 Å². The molecule has 0 spiro atoms. The zero-order chi connectivity index (χ0) is 18.3. The number of rotatable bonds is 4. The Labute approximate surface area is 154 Å². The monoisotopic (exact) mass is 356 g/mol. The first-order valence-corrected chi connectivity index (χ1v) is 9.62. The lowest BCUT2D eigenvalue weighted by atomic mass is 9.92. The molecule has 4 rings (SSSR count). The van der Waals surface area contributed by atoms with Crippen molar-refractivity contribution in [3.8, 4) is 0 Å². The smallest absolute Gasteiger partial charge is 0.266 e. The van der Waals surface area contributed by atoms with Gasteiger partial charge in [0.25, 0.3) is 5.56 Å². The first-order valence-electron chi connectivity index (χ1n) is 9.62. The molecular weight excluding hydrogens is 328 g/mol. The molecule has 0 saturated carbocycles. The summed E-state index contributed by atoms with van der Waals surface area (Å²) >= 11 is 0. The first kappa shape index (κ1) is 17.4. The summed E-state index contributed by atoms with van der Waals surface area (Å²) in [6.45, 7) is 10.9. The summed E-state index contributed by atoms with van der Waals surface area (Å²) < 4.78 is 3.93. The number of fused-ring (bicyclic) bond motifs is 1. The van der Waals surface area contributed by atoms with Gasteiger partial charge in [0.2, 0.25) is 0 Å². The maximum Gasteiger partial charge on any atom is 0.266 e. The van der Waals surface area contributed by atoms with Crippen LogP contribution in [0.2, 0.25) is 0 Å². The van der Waals surface area contributed by atoms with Gasteiger partial charge in [0, 0.05) is 43.5 Å². The van der Waals surface area contributed by atoms with Gasteiger partial charge in [-0.1, -0.05) is 20.8 Å². The minimum Gasteiger partial charge on any atom is -0.314 e. The molecule has 0 N–H and O–H groups in total. The lowest BCUT2D eigenvalue weighted by Gasteiger charge is -2.39. The summed E-state index contributed by atoms with van der Waals surface area (Å²) in [5.41, 5.74) is 0.903. The van der Waals surface area contributed by atoms with Gasteiger partial charge in [-0.3, -0.25) is 9.69 Å². The molecule has 0 bridgehead atoms. The fourth-order valence-corrected chi connectivity index (χ4v) is 3.83. The van der Waals surface area contributed by atoms with Crippen LogP contribution in [0.1, 0.15) is 51.0 Å². The van der Waals surface area contributed by atoms with Crippen molar-refractivity contribution in [1.29, 1.82) is 0 Å². The third-order valence-electron chi connectivity index (χ3n) is 5.40. The molecule has 0 amide bonds. The highest BCUT2D eigenvalue weighted by Crippen LogP contribution is 2.22. The van der Waals surface area contributed by atoms with Crippen molar-refractivity contribution in [2.24, 2.45) is 5.92 Å². The van der Waals surface area contributed by atoms with E-state index >= 15 is 0 Å². The highest BCUT2D eigenvalue weighted by molar-refractivity contribution is 5.10. The second kappa shape index (κ2) is 6.61. The molecule has 7 nitrogen and oxygen atoms in total. The summed E-state index contributed by atoms with van der Waals surface area (Å²) in [4.78, 5) is 14.5. The van der Waals surface area contributed by atoms with Crippen LogP contribution in [0.3, 0.4) is 0 Å². The van der Waals surface area contributed by atoms with Crippen LogP contribution in [-0.4, -0.2) is 42.5 Å². The molecule has 0 unspecified atom stereocenters. The summed E-state index contributed by atoms with van der Waals surface area (Å²) in [5.74, 6) is 2.69. The normalized spacial score (nSPS) is 18.6. The Bertz CT molecular complexity index is 840. The second-order valence-corrected chi connectivity index (χ2v) is 8.69. The van der Waals surface area contributed by atoms with Crippen LogP contribution < -0.4 is 5.56 Å². The lowest BCUT2D eigenvalue weighted by Crippen LogP contribution is -2.49. The fourth-order valence-electron chi connectivity index (χ4n) is 3.83. The van der Waals surface area contributed by atoms with Crippen molar-refractivity contribution in [2.45, 2.75) is 65.1 Å². The SMILES string of the molecule is CC(C)(C)c1ccc(=O)n(CC2CN(Cc3nnc4n3CCCC4)C2)n1. The van der Waals surface area contributed by atoms with Gasteiger partial charge in [-0.05, 0) is 18.9 Å². The van der Waals surface area contributed by atoms with Crippen LogP contribution in [0.15, 0.2) is 16.9 Å². The van der Waals surface area contributed by atoms with E-state index < -0.39 is 0 Å². The molecule has 0 aliphatic carbocycles. The fraction of sp³-hybridized carbons (Fsp3) is 0.684. The van der Waals surface area contributed by atoms with Crippen molar-refractivity contribution in [2.75, 3.05) is 13.1 Å². The predicted molar refractivity (Wildman–Crippen MR) is 98.9 cm³/mol. The zero-order valence-electron chi connectivity index (χ0n) is 16.0. The minimum absolute atomic E-state index is 0.0111. The van der Waals surface area contributed by atoms with Crippen LogP contribution in [0.5, 0.6) is 0 Å². The second-order valence-electron chi connectivity index (χ2n) is 8.69. The van der Waals surface area contributed by atoms with E-state index in [2.05, 4.69) is 45.5 Å². The number of aromatic nitrogens is 5. The van der Waals surface area contributed by atoms with E-state index in [0.717, 1.165) is 49.9 Å². The van der Waals surface area contributed by atoms with Crippen molar-refractivity contribution in [3.05, 3.63) is 39.8 Å². The Morgan fingerprint density at radius 3 is 2.73 bits per heavy atom. The standard InChI is InChI=1S/C19H28N6O/c1-19(2,3)15-7-8-18(26)25(22-15)12-14-10-23(11-14)13-17-21-20-16-6-4-5-9-24(16)17/h7-8,14H,4-6,9-13H2,1-3H3. The molecule has 1 fully saturated rings. The molecule has 0 atom stereocenters. The predicted octanol–water partition coefficient (Wildman–Crippen LogP) is 1.60. The van der Waals surface area contributed by atoms with Crippen LogP contribution in [0, 0.1) is 5.92 Å². The number of hydrogen-bond donors (Lipinski definition) is 0. The molecular formula is C19H28N6O. The van der Waals surface area contributed by atoms with E-state index in [1.54, 1.807) is 10.7 Å². The first-order chi connectivity index (χ1) is 12.4. The van der Waals surface area contributed by atoms with Crippen LogP contribution in [-0.2, 0) is 31.5 Å². The number of aryl methyl sites for hydroxylation is 1. The molecule has 26 heavy (non-hydrogen) atoms. The molecule has 0 radical (unpaired) electrons. The van der Waals surface area contributed by atoms with Crippen molar-refractivity contribution in [3.63, 3.8) is 0 Å². The van der Waals surface area contributed by atoms with Crippen LogP contribution in [0.25, 0.3) is 0 Å². The Balaban J connectivity index is 1.36. The highest BCUT2D eigenvalue weighted by Gasteiger charge is 2.30. The van der Waals surface area contributed by atoms with Gasteiger partial charge in [-0.2, -0.15) is 5.10 Å². The molecule has 2 aliphatic rings. The number of likely N-dealkylation sites (tertiary alicyclic amines) is 1. The molecule has 4 heterocycles. The van der Waals surface area contributed by atoms with Crippen molar-refractivity contribution >= 4 is 0 Å². The van der Waals surface area contributed by atoms with Gasteiger partial charge >= 0.3 is 0 Å². The van der Waals surface area contributed by atoms with E-state index in [1.807, 2.05) is 6.07 Å². The molecule has 2 aromatic rings. The Hall–Kier alpha value is -2.02. The van der Waals surface area contributed by atoms with E-state index in [0.29, 0.717) is 12.5 Å². The average Bonchev–Trinajstić information content (AvgIpc) is 2.96. The van der Waals surface area contributed by atoms with Crippen molar-refractivity contribution in [1.82, 2.24) is 29.4 Å². The third kappa shape index (κ3) is 3.45.